The van der Waals surface area contributed by atoms with Crippen molar-refractivity contribution >= 4 is 11.0 Å². The van der Waals surface area contributed by atoms with Gasteiger partial charge in [0.25, 0.3) is 0 Å². The van der Waals surface area contributed by atoms with Gasteiger partial charge in [-0.2, -0.15) is 0 Å². The molecule has 3 N–H and O–H groups in total. The predicted octanol–water partition coefficient (Wildman–Crippen LogP) is 1.50. The zero-order valence-electron chi connectivity index (χ0n) is 15.7. The topological polar surface area (TPSA) is 92.4 Å². The number of nitrogens with one attached hydrogen (secondary N) is 1. The highest BCUT2D eigenvalue weighted by Crippen LogP contribution is 2.37. The van der Waals surface area contributed by atoms with Gasteiger partial charge in [0, 0.05) is 24.5 Å². The fraction of sp³-hybridized carbons (Fsp3) is 0.429. The molecular weight excluding hydrogens is 356 g/mol. The maximum Gasteiger partial charge on any atom is 0.143 e. The van der Waals surface area contributed by atoms with Crippen molar-refractivity contribution in [3.63, 3.8) is 0 Å². The second-order valence-electron chi connectivity index (χ2n) is 7.68. The van der Waals surface area contributed by atoms with E-state index in [0.29, 0.717) is 6.42 Å². The van der Waals surface area contributed by atoms with Gasteiger partial charge in [0.15, 0.2) is 0 Å². The lowest BCUT2D eigenvalue weighted by atomic mass is 10.00. The molecule has 3 heterocycles. The lowest BCUT2D eigenvalue weighted by Gasteiger charge is -2.24. The number of aliphatic hydroxyl groups excluding tert-OH is 2. The van der Waals surface area contributed by atoms with E-state index in [9.17, 15) is 10.2 Å². The van der Waals surface area contributed by atoms with Crippen LogP contribution in [0.5, 0.6) is 5.75 Å². The maximum absolute atomic E-state index is 10.7. The van der Waals surface area contributed by atoms with Crippen molar-refractivity contribution in [3.05, 3.63) is 53.6 Å². The summed E-state index contributed by atoms with van der Waals surface area (Å²) in [4.78, 5) is 8.61. The molecule has 1 aliphatic carbocycles. The molecule has 0 amide bonds. The summed E-state index contributed by atoms with van der Waals surface area (Å²) in [5.41, 5.74) is 4.10. The highest BCUT2D eigenvalue weighted by molar-refractivity contribution is 5.78. The van der Waals surface area contributed by atoms with E-state index in [1.54, 1.807) is 0 Å². The third kappa shape index (κ3) is 2.78. The van der Waals surface area contributed by atoms with Gasteiger partial charge < -0.3 is 24.8 Å². The summed E-state index contributed by atoms with van der Waals surface area (Å²) < 4.78 is 8.17. The Bertz CT molecular complexity index is 1020. The molecule has 1 aliphatic heterocycles. The van der Waals surface area contributed by atoms with Crippen molar-refractivity contribution in [2.24, 2.45) is 0 Å². The number of benzene rings is 1. The van der Waals surface area contributed by atoms with Crippen LogP contribution in [0, 0.1) is 6.92 Å². The zero-order chi connectivity index (χ0) is 19.3. The van der Waals surface area contributed by atoms with Crippen LogP contribution in [0.15, 0.2) is 36.8 Å². The maximum atomic E-state index is 10.7. The summed E-state index contributed by atoms with van der Waals surface area (Å²) in [7, 11) is 0. The molecule has 3 aromatic rings. The third-order valence-electron chi connectivity index (χ3n) is 6.04. The normalized spacial score (nSPS) is 27.1. The highest BCUT2D eigenvalue weighted by atomic mass is 16.5. The van der Waals surface area contributed by atoms with Gasteiger partial charge in [0.1, 0.15) is 36.0 Å². The molecule has 4 atom stereocenters. The summed E-state index contributed by atoms with van der Waals surface area (Å²) >= 11 is 0. The van der Waals surface area contributed by atoms with Gasteiger partial charge in [0.2, 0.25) is 0 Å². The second kappa shape index (κ2) is 6.84. The van der Waals surface area contributed by atoms with Crippen LogP contribution < -0.4 is 10.1 Å². The average molecular weight is 380 g/mol. The fourth-order valence-electron chi connectivity index (χ4n) is 4.50. The largest absolute Gasteiger partial charge is 0.487 e. The van der Waals surface area contributed by atoms with Crippen LogP contribution in [0.4, 0.5) is 0 Å². The number of nitrogens with zero attached hydrogens (tertiary/aromatic N) is 3. The third-order valence-corrected chi connectivity index (χ3v) is 6.04. The Morgan fingerprint density at radius 3 is 2.96 bits per heavy atom. The Balaban J connectivity index is 1.43. The fourth-order valence-corrected chi connectivity index (χ4v) is 4.50. The number of rotatable bonds is 3. The number of hydrogen-bond acceptors (Lipinski definition) is 6. The zero-order valence-corrected chi connectivity index (χ0v) is 15.7. The molecule has 2 aliphatic rings. The highest BCUT2D eigenvalue weighted by Gasteiger charge is 2.44. The van der Waals surface area contributed by atoms with Crippen molar-refractivity contribution in [3.8, 4) is 5.75 Å². The van der Waals surface area contributed by atoms with Crippen LogP contribution in [0.25, 0.3) is 11.0 Å². The van der Waals surface area contributed by atoms with Crippen molar-refractivity contribution < 1.29 is 14.9 Å². The van der Waals surface area contributed by atoms with Gasteiger partial charge in [-0.1, -0.05) is 12.1 Å². The van der Waals surface area contributed by atoms with Gasteiger partial charge in [-0.05, 0) is 43.1 Å². The van der Waals surface area contributed by atoms with E-state index < -0.39 is 18.3 Å². The van der Waals surface area contributed by atoms with Gasteiger partial charge in [-0.25, -0.2) is 9.97 Å². The van der Waals surface area contributed by atoms with Crippen molar-refractivity contribution in [2.45, 2.75) is 50.7 Å². The molecule has 5 rings (SSSR count). The lowest BCUT2D eigenvalue weighted by Crippen LogP contribution is -2.34. The molecule has 1 saturated carbocycles. The Hall–Kier alpha value is -2.48. The van der Waals surface area contributed by atoms with E-state index in [4.69, 9.17) is 4.74 Å². The summed E-state index contributed by atoms with van der Waals surface area (Å²) in [5.74, 6) is 0.812. The van der Waals surface area contributed by atoms with Crippen molar-refractivity contribution in [1.82, 2.24) is 19.9 Å². The first-order chi connectivity index (χ1) is 13.6. The van der Waals surface area contributed by atoms with E-state index in [2.05, 4.69) is 21.4 Å². The summed E-state index contributed by atoms with van der Waals surface area (Å²) in [5, 5.41) is 25.7. The first kappa shape index (κ1) is 17.6. The summed E-state index contributed by atoms with van der Waals surface area (Å²) in [6.07, 6.45) is 2.51. The van der Waals surface area contributed by atoms with Crippen LogP contribution in [-0.2, 0) is 13.0 Å². The molecule has 7 heteroatoms. The van der Waals surface area contributed by atoms with E-state index >= 15 is 0 Å². The SMILES string of the molecule is Cc1ncnc2c1ccn2[C@@H]1C[C@H](Oc2cccc3c2CCNC3)[C@@H](O)[C@H]1O. The first-order valence-corrected chi connectivity index (χ1v) is 9.76. The Labute approximate surface area is 163 Å². The first-order valence-electron chi connectivity index (χ1n) is 9.76. The molecule has 0 saturated heterocycles. The van der Waals surface area contributed by atoms with Crippen LogP contribution in [-0.4, -0.2) is 49.6 Å². The number of aliphatic hydroxyl groups is 2. The number of aromatic nitrogens is 3. The average Bonchev–Trinajstić information content (AvgIpc) is 3.26. The standard InChI is InChI=1S/C21H24N4O3/c1-12-14-6-8-25(21(14)24-11-23-12)16-9-18(20(27)19(16)26)28-17-4-2-3-13-10-22-7-5-15(13)17/h2-4,6,8,11,16,18-20,22,26-27H,5,7,9-10H2,1H3/t16-,18+,19+,20-/m1/s1. The molecule has 0 bridgehead atoms. The van der Waals surface area contributed by atoms with Gasteiger partial charge in [-0.3, -0.25) is 0 Å². The van der Waals surface area contributed by atoms with Crippen LogP contribution in [0.1, 0.15) is 29.3 Å². The van der Waals surface area contributed by atoms with Gasteiger partial charge >= 0.3 is 0 Å². The number of ether oxygens (including phenoxy) is 1. The van der Waals surface area contributed by atoms with Crippen LogP contribution in [0.2, 0.25) is 0 Å². The van der Waals surface area contributed by atoms with Gasteiger partial charge in [-0.15, -0.1) is 0 Å². The van der Waals surface area contributed by atoms with Crippen molar-refractivity contribution in [2.75, 3.05) is 6.54 Å². The summed E-state index contributed by atoms with van der Waals surface area (Å²) in [6.45, 7) is 3.69. The summed E-state index contributed by atoms with van der Waals surface area (Å²) in [6, 6.07) is 7.70. The van der Waals surface area contributed by atoms with E-state index in [-0.39, 0.29) is 6.04 Å². The molecule has 1 aromatic carbocycles. The molecule has 2 aromatic heterocycles. The molecular formula is C21H24N4O3. The molecule has 1 fully saturated rings. The van der Waals surface area contributed by atoms with E-state index in [0.717, 1.165) is 42.0 Å². The minimum atomic E-state index is -0.956. The molecule has 146 valence electrons. The Morgan fingerprint density at radius 2 is 2.07 bits per heavy atom. The second-order valence-corrected chi connectivity index (χ2v) is 7.68. The van der Waals surface area contributed by atoms with E-state index in [1.165, 1.54) is 17.5 Å². The molecule has 7 nitrogen and oxygen atoms in total. The molecule has 28 heavy (non-hydrogen) atoms. The molecule has 0 radical (unpaired) electrons. The number of hydrogen-bond donors (Lipinski definition) is 3. The van der Waals surface area contributed by atoms with Gasteiger partial charge in [0.05, 0.1) is 11.7 Å². The minimum absolute atomic E-state index is 0.298. The monoisotopic (exact) mass is 380 g/mol. The number of fused-ring (bicyclic) bond motifs is 2. The number of aryl methyl sites for hydroxylation is 1. The Morgan fingerprint density at radius 1 is 1.18 bits per heavy atom. The smallest absolute Gasteiger partial charge is 0.143 e. The van der Waals surface area contributed by atoms with Crippen molar-refractivity contribution in [1.29, 1.82) is 0 Å². The van der Waals surface area contributed by atoms with Crippen LogP contribution in [0.3, 0.4) is 0 Å². The molecule has 0 spiro atoms. The van der Waals surface area contributed by atoms with Crippen LogP contribution >= 0.6 is 0 Å². The quantitative estimate of drug-likeness (QED) is 0.638. The Kier molecular flexibility index (Phi) is 4.30. The lowest BCUT2D eigenvalue weighted by molar-refractivity contribution is -0.0166. The van der Waals surface area contributed by atoms with E-state index in [1.807, 2.05) is 35.9 Å². The minimum Gasteiger partial charge on any atom is -0.487 e. The molecule has 0 unspecified atom stereocenters. The predicted molar refractivity (Wildman–Crippen MR) is 104 cm³/mol.